The fourth-order valence-corrected chi connectivity index (χ4v) is 2.23. The highest BCUT2D eigenvalue weighted by Crippen LogP contribution is 2.37. The molecule has 0 radical (unpaired) electrons. The number of halogens is 3. The van der Waals surface area contributed by atoms with Crippen LogP contribution in [0, 0.1) is 11.8 Å². The van der Waals surface area contributed by atoms with Crippen LogP contribution >= 0.6 is 0 Å². The monoisotopic (exact) mass is 262 g/mol. The molecule has 0 heterocycles. The predicted molar refractivity (Wildman–Crippen MR) is 66.3 cm³/mol. The lowest BCUT2D eigenvalue weighted by Crippen LogP contribution is -2.27. The maximum absolute atomic E-state index is 12.6. The third kappa shape index (κ3) is 4.84. The van der Waals surface area contributed by atoms with Crippen molar-refractivity contribution in [2.45, 2.75) is 38.8 Å². The number of hydrogen-bond donors (Lipinski definition) is 0. The zero-order valence-corrected chi connectivity index (χ0v) is 11.0. The van der Waals surface area contributed by atoms with Gasteiger partial charge >= 0.3 is 6.18 Å². The SMILES string of the molecule is COCCCCCC1=C[C@@H](C)C(C(F)(F)F)C=C1. The summed E-state index contributed by atoms with van der Waals surface area (Å²) in [5.74, 6) is -1.78. The average Bonchev–Trinajstić information content (AvgIpc) is 2.27. The van der Waals surface area contributed by atoms with E-state index < -0.39 is 18.0 Å². The van der Waals surface area contributed by atoms with E-state index in [2.05, 4.69) is 0 Å². The van der Waals surface area contributed by atoms with E-state index in [0.29, 0.717) is 0 Å². The first kappa shape index (κ1) is 15.3. The summed E-state index contributed by atoms with van der Waals surface area (Å²) in [7, 11) is 1.67. The van der Waals surface area contributed by atoms with Gasteiger partial charge in [0, 0.05) is 13.7 Å². The molecule has 1 aliphatic rings. The highest BCUT2D eigenvalue weighted by molar-refractivity contribution is 5.26. The minimum atomic E-state index is -4.13. The molecule has 0 aromatic rings. The first-order chi connectivity index (χ1) is 8.45. The molecule has 4 heteroatoms. The van der Waals surface area contributed by atoms with Crippen molar-refractivity contribution in [3.8, 4) is 0 Å². The second kappa shape index (κ2) is 6.98. The molecule has 0 spiro atoms. The first-order valence-electron chi connectivity index (χ1n) is 6.39. The van der Waals surface area contributed by atoms with Crippen molar-refractivity contribution in [1.82, 2.24) is 0 Å². The lowest BCUT2D eigenvalue weighted by molar-refractivity contribution is -0.169. The second-order valence-electron chi connectivity index (χ2n) is 4.83. The Labute approximate surface area is 107 Å². The summed E-state index contributed by atoms with van der Waals surface area (Å²) < 4.78 is 42.8. The topological polar surface area (TPSA) is 9.23 Å². The third-order valence-electron chi connectivity index (χ3n) is 3.25. The van der Waals surface area contributed by atoms with Crippen molar-refractivity contribution in [3.05, 3.63) is 23.8 Å². The summed E-state index contributed by atoms with van der Waals surface area (Å²) in [6, 6.07) is 0. The van der Waals surface area contributed by atoms with Gasteiger partial charge in [-0.25, -0.2) is 0 Å². The zero-order chi connectivity index (χ0) is 13.6. The number of allylic oxidation sites excluding steroid dienone is 4. The fourth-order valence-electron chi connectivity index (χ4n) is 2.23. The Morgan fingerprint density at radius 3 is 2.50 bits per heavy atom. The van der Waals surface area contributed by atoms with Crippen LogP contribution < -0.4 is 0 Å². The number of unbranched alkanes of at least 4 members (excludes halogenated alkanes) is 2. The Kier molecular flexibility index (Phi) is 5.93. The lowest BCUT2D eigenvalue weighted by atomic mass is 9.85. The summed E-state index contributed by atoms with van der Waals surface area (Å²) >= 11 is 0. The lowest BCUT2D eigenvalue weighted by Gasteiger charge is -2.25. The third-order valence-corrected chi connectivity index (χ3v) is 3.25. The molecular weight excluding hydrogens is 241 g/mol. The largest absolute Gasteiger partial charge is 0.395 e. The van der Waals surface area contributed by atoms with Crippen LogP contribution in [-0.4, -0.2) is 19.9 Å². The van der Waals surface area contributed by atoms with Gasteiger partial charge in [-0.2, -0.15) is 13.2 Å². The van der Waals surface area contributed by atoms with Gasteiger partial charge in [0.15, 0.2) is 0 Å². The van der Waals surface area contributed by atoms with Gasteiger partial charge < -0.3 is 4.74 Å². The molecule has 0 saturated heterocycles. The van der Waals surface area contributed by atoms with E-state index in [9.17, 15) is 13.2 Å². The number of rotatable bonds is 6. The molecule has 104 valence electrons. The fraction of sp³-hybridized carbons (Fsp3) is 0.714. The molecule has 0 aromatic heterocycles. The van der Waals surface area contributed by atoms with Crippen LogP contribution in [0.25, 0.3) is 0 Å². The highest BCUT2D eigenvalue weighted by Gasteiger charge is 2.41. The maximum Gasteiger partial charge on any atom is 0.395 e. The molecule has 0 saturated carbocycles. The summed E-state index contributed by atoms with van der Waals surface area (Å²) in [4.78, 5) is 0. The molecule has 0 aromatic carbocycles. The minimum Gasteiger partial charge on any atom is -0.385 e. The van der Waals surface area contributed by atoms with Gasteiger partial charge in [-0.3, -0.25) is 0 Å². The summed E-state index contributed by atoms with van der Waals surface area (Å²) in [6.45, 7) is 2.38. The van der Waals surface area contributed by atoms with E-state index in [1.54, 1.807) is 26.2 Å². The van der Waals surface area contributed by atoms with E-state index in [1.807, 2.05) is 0 Å². The molecule has 18 heavy (non-hydrogen) atoms. The molecule has 0 amide bonds. The normalized spacial score (nSPS) is 24.2. The molecule has 1 aliphatic carbocycles. The average molecular weight is 262 g/mol. The van der Waals surface area contributed by atoms with Crippen molar-refractivity contribution in [2.75, 3.05) is 13.7 Å². The molecule has 0 N–H and O–H groups in total. The standard InChI is InChI=1S/C14H21F3O/c1-11-10-12(6-4-3-5-9-18-2)7-8-13(11)14(15,16)17/h7-8,10-11,13H,3-6,9H2,1-2H3/t11-,13?/m1/s1. The number of alkyl halides is 3. The van der Waals surface area contributed by atoms with Crippen LogP contribution in [0.5, 0.6) is 0 Å². The van der Waals surface area contributed by atoms with Crippen molar-refractivity contribution < 1.29 is 17.9 Å². The Balaban J connectivity index is 2.36. The van der Waals surface area contributed by atoms with Gasteiger partial charge in [-0.15, -0.1) is 0 Å². The van der Waals surface area contributed by atoms with E-state index in [1.165, 1.54) is 6.08 Å². The molecule has 1 rings (SSSR count). The van der Waals surface area contributed by atoms with Crippen molar-refractivity contribution in [1.29, 1.82) is 0 Å². The summed E-state index contributed by atoms with van der Waals surface area (Å²) in [6.07, 6.45) is 4.48. The van der Waals surface area contributed by atoms with Crippen LogP contribution in [0.4, 0.5) is 13.2 Å². The van der Waals surface area contributed by atoms with Crippen molar-refractivity contribution >= 4 is 0 Å². The minimum absolute atomic E-state index is 0.455. The smallest absolute Gasteiger partial charge is 0.385 e. The predicted octanol–water partition coefficient (Wildman–Crippen LogP) is 4.50. The Morgan fingerprint density at radius 1 is 1.22 bits per heavy atom. The Morgan fingerprint density at radius 2 is 1.94 bits per heavy atom. The van der Waals surface area contributed by atoms with Gasteiger partial charge in [0.05, 0.1) is 5.92 Å². The van der Waals surface area contributed by atoms with E-state index in [0.717, 1.165) is 37.9 Å². The van der Waals surface area contributed by atoms with Gasteiger partial charge in [-0.1, -0.05) is 37.1 Å². The number of ether oxygens (including phenoxy) is 1. The molecular formula is C14H21F3O. The van der Waals surface area contributed by atoms with Crippen LogP contribution in [0.15, 0.2) is 23.8 Å². The van der Waals surface area contributed by atoms with Crippen molar-refractivity contribution in [3.63, 3.8) is 0 Å². The zero-order valence-electron chi connectivity index (χ0n) is 11.0. The summed E-state index contributed by atoms with van der Waals surface area (Å²) in [5.41, 5.74) is 1.03. The highest BCUT2D eigenvalue weighted by atomic mass is 19.4. The Bertz CT molecular complexity index is 305. The Hall–Kier alpha value is -0.770. The van der Waals surface area contributed by atoms with Gasteiger partial charge in [0.25, 0.3) is 0 Å². The van der Waals surface area contributed by atoms with E-state index in [-0.39, 0.29) is 0 Å². The number of hydrogen-bond acceptors (Lipinski definition) is 1. The van der Waals surface area contributed by atoms with Gasteiger partial charge in [0.2, 0.25) is 0 Å². The quantitative estimate of drug-likeness (QED) is 0.640. The molecule has 0 bridgehead atoms. The second-order valence-corrected chi connectivity index (χ2v) is 4.83. The molecule has 0 fully saturated rings. The molecule has 2 atom stereocenters. The van der Waals surface area contributed by atoms with Crippen LogP contribution in [0.1, 0.15) is 32.6 Å². The van der Waals surface area contributed by atoms with Crippen LogP contribution in [0.3, 0.4) is 0 Å². The first-order valence-corrected chi connectivity index (χ1v) is 6.39. The summed E-state index contributed by atoms with van der Waals surface area (Å²) in [5, 5.41) is 0. The van der Waals surface area contributed by atoms with Crippen LogP contribution in [-0.2, 0) is 4.74 Å². The maximum atomic E-state index is 12.6. The van der Waals surface area contributed by atoms with E-state index >= 15 is 0 Å². The number of methoxy groups -OCH3 is 1. The molecule has 1 unspecified atom stereocenters. The van der Waals surface area contributed by atoms with E-state index in [4.69, 9.17) is 4.74 Å². The van der Waals surface area contributed by atoms with Gasteiger partial charge in [-0.05, 0) is 25.2 Å². The molecule has 0 aliphatic heterocycles. The van der Waals surface area contributed by atoms with Gasteiger partial charge in [0.1, 0.15) is 0 Å². The van der Waals surface area contributed by atoms with Crippen molar-refractivity contribution in [2.24, 2.45) is 11.8 Å². The molecule has 1 nitrogen and oxygen atoms in total. The van der Waals surface area contributed by atoms with Crippen LogP contribution in [0.2, 0.25) is 0 Å².